The fraction of sp³-hybridized carbons (Fsp3) is 0.412. The summed E-state index contributed by atoms with van der Waals surface area (Å²) in [6, 6.07) is 7.22. The molecule has 0 atom stereocenters. The van der Waals surface area contributed by atoms with Gasteiger partial charge in [0.25, 0.3) is 0 Å². The Labute approximate surface area is 134 Å². The number of ether oxygens (including phenoxy) is 1. The fourth-order valence-electron chi connectivity index (χ4n) is 2.56. The van der Waals surface area contributed by atoms with Crippen LogP contribution in [0.15, 0.2) is 33.5 Å². The summed E-state index contributed by atoms with van der Waals surface area (Å²) in [5.41, 5.74) is 0.917. The van der Waals surface area contributed by atoms with Crippen molar-refractivity contribution >= 4 is 16.9 Å². The van der Waals surface area contributed by atoms with Gasteiger partial charge in [-0.25, -0.2) is 4.79 Å². The van der Waals surface area contributed by atoms with Gasteiger partial charge in [0.2, 0.25) is 5.91 Å². The first-order valence-corrected chi connectivity index (χ1v) is 7.64. The predicted molar refractivity (Wildman–Crippen MR) is 86.5 cm³/mol. The molecule has 1 aliphatic carbocycles. The van der Waals surface area contributed by atoms with Gasteiger partial charge < -0.3 is 14.5 Å². The van der Waals surface area contributed by atoms with Crippen molar-refractivity contribution in [1.82, 2.24) is 10.2 Å². The second-order valence-corrected chi connectivity index (χ2v) is 5.97. The van der Waals surface area contributed by atoms with E-state index in [1.165, 1.54) is 6.07 Å². The third-order valence-electron chi connectivity index (χ3n) is 3.83. The molecule has 1 fully saturated rings. The zero-order chi connectivity index (χ0) is 16.4. The van der Waals surface area contributed by atoms with Crippen molar-refractivity contribution in [3.63, 3.8) is 0 Å². The van der Waals surface area contributed by atoms with E-state index in [1.807, 2.05) is 24.1 Å². The van der Waals surface area contributed by atoms with Crippen molar-refractivity contribution in [1.29, 1.82) is 0 Å². The lowest BCUT2D eigenvalue weighted by molar-refractivity contribution is -0.122. The van der Waals surface area contributed by atoms with E-state index in [4.69, 9.17) is 9.15 Å². The number of amides is 1. The third kappa shape index (κ3) is 3.90. The van der Waals surface area contributed by atoms with E-state index < -0.39 is 5.63 Å². The summed E-state index contributed by atoms with van der Waals surface area (Å²) in [5.74, 6) is 0.652. The van der Waals surface area contributed by atoms with Crippen LogP contribution in [0, 0.1) is 0 Å². The smallest absolute Gasteiger partial charge is 0.336 e. The molecular formula is C17H20N2O4. The van der Waals surface area contributed by atoms with E-state index >= 15 is 0 Å². The molecule has 0 spiro atoms. The number of benzene rings is 1. The van der Waals surface area contributed by atoms with Crippen LogP contribution in [-0.2, 0) is 11.3 Å². The van der Waals surface area contributed by atoms with Crippen molar-refractivity contribution in [2.24, 2.45) is 0 Å². The van der Waals surface area contributed by atoms with Gasteiger partial charge in [-0.15, -0.1) is 0 Å². The number of hydrogen-bond donors (Lipinski definition) is 1. The SMILES string of the molecule is COc1ccc2c(CN(C)CC(=O)NC3CC3)cc(=O)oc2c1. The van der Waals surface area contributed by atoms with E-state index in [1.54, 1.807) is 13.2 Å². The van der Waals surface area contributed by atoms with Gasteiger partial charge in [0.1, 0.15) is 11.3 Å². The zero-order valence-corrected chi connectivity index (χ0v) is 13.3. The van der Waals surface area contributed by atoms with Gasteiger partial charge in [-0.3, -0.25) is 9.69 Å². The minimum Gasteiger partial charge on any atom is -0.497 e. The van der Waals surface area contributed by atoms with Crippen LogP contribution in [0.2, 0.25) is 0 Å². The summed E-state index contributed by atoms with van der Waals surface area (Å²) < 4.78 is 10.4. The van der Waals surface area contributed by atoms with Crippen LogP contribution in [0.3, 0.4) is 0 Å². The molecule has 1 aromatic carbocycles. The van der Waals surface area contributed by atoms with Crippen molar-refractivity contribution in [3.05, 3.63) is 40.2 Å². The minimum atomic E-state index is -0.406. The predicted octanol–water partition coefficient (Wildman–Crippen LogP) is 1.51. The maximum Gasteiger partial charge on any atom is 0.336 e. The molecule has 0 aliphatic heterocycles. The molecule has 6 heteroatoms. The Hall–Kier alpha value is -2.34. The van der Waals surface area contributed by atoms with E-state index in [0.29, 0.717) is 30.5 Å². The highest BCUT2D eigenvalue weighted by Crippen LogP contribution is 2.23. The van der Waals surface area contributed by atoms with Gasteiger partial charge in [-0.2, -0.15) is 0 Å². The Morgan fingerprint density at radius 1 is 1.39 bits per heavy atom. The van der Waals surface area contributed by atoms with Crippen LogP contribution in [0.5, 0.6) is 5.75 Å². The van der Waals surface area contributed by atoms with Gasteiger partial charge in [-0.05, 0) is 37.6 Å². The van der Waals surface area contributed by atoms with E-state index in [-0.39, 0.29) is 5.91 Å². The molecule has 0 radical (unpaired) electrons. The molecule has 1 amide bonds. The average Bonchev–Trinajstić information content (AvgIpc) is 3.29. The largest absolute Gasteiger partial charge is 0.497 e. The van der Waals surface area contributed by atoms with Crippen LogP contribution in [-0.4, -0.2) is 37.6 Å². The molecule has 6 nitrogen and oxygen atoms in total. The summed E-state index contributed by atoms with van der Waals surface area (Å²) in [6.45, 7) is 0.793. The topological polar surface area (TPSA) is 71.8 Å². The first kappa shape index (κ1) is 15.6. The van der Waals surface area contributed by atoms with E-state index in [2.05, 4.69) is 5.32 Å². The molecule has 0 unspecified atom stereocenters. The lowest BCUT2D eigenvalue weighted by Crippen LogP contribution is -2.36. The van der Waals surface area contributed by atoms with E-state index in [0.717, 1.165) is 23.8 Å². The highest BCUT2D eigenvalue weighted by Gasteiger charge is 2.23. The molecule has 122 valence electrons. The summed E-state index contributed by atoms with van der Waals surface area (Å²) in [7, 11) is 3.42. The summed E-state index contributed by atoms with van der Waals surface area (Å²) in [5, 5.41) is 3.80. The number of hydrogen-bond acceptors (Lipinski definition) is 5. The molecule has 1 heterocycles. The molecule has 1 N–H and O–H groups in total. The second kappa shape index (κ2) is 6.42. The lowest BCUT2D eigenvalue weighted by atomic mass is 10.1. The average molecular weight is 316 g/mol. The van der Waals surface area contributed by atoms with Gasteiger partial charge >= 0.3 is 5.63 Å². The quantitative estimate of drug-likeness (QED) is 0.818. The van der Waals surface area contributed by atoms with Crippen LogP contribution >= 0.6 is 0 Å². The molecule has 3 rings (SSSR count). The fourth-order valence-corrected chi connectivity index (χ4v) is 2.56. The summed E-state index contributed by atoms with van der Waals surface area (Å²) in [4.78, 5) is 25.5. The molecule has 23 heavy (non-hydrogen) atoms. The normalized spacial score (nSPS) is 14.2. The number of nitrogens with one attached hydrogen (secondary N) is 1. The molecule has 0 saturated heterocycles. The second-order valence-electron chi connectivity index (χ2n) is 5.97. The first-order chi connectivity index (χ1) is 11.0. The third-order valence-corrected chi connectivity index (χ3v) is 3.83. The maximum absolute atomic E-state index is 11.9. The lowest BCUT2D eigenvalue weighted by Gasteiger charge is -2.17. The maximum atomic E-state index is 11.9. The Morgan fingerprint density at radius 3 is 2.87 bits per heavy atom. The number of likely N-dealkylation sites (N-methyl/N-ethyl adjacent to an activating group) is 1. The van der Waals surface area contributed by atoms with Gasteiger partial charge in [-0.1, -0.05) is 0 Å². The van der Waals surface area contributed by atoms with Crippen LogP contribution < -0.4 is 15.7 Å². The Kier molecular flexibility index (Phi) is 4.34. The molecule has 2 aromatic rings. The van der Waals surface area contributed by atoms with Crippen LogP contribution in [0.25, 0.3) is 11.0 Å². The number of carbonyl (C=O) groups excluding carboxylic acids is 1. The van der Waals surface area contributed by atoms with Gasteiger partial charge in [0.15, 0.2) is 0 Å². The zero-order valence-electron chi connectivity index (χ0n) is 13.3. The summed E-state index contributed by atoms with van der Waals surface area (Å²) >= 11 is 0. The van der Waals surface area contributed by atoms with Crippen molar-refractivity contribution < 1.29 is 13.9 Å². The molecule has 1 aromatic heterocycles. The molecule has 1 saturated carbocycles. The van der Waals surface area contributed by atoms with E-state index in [9.17, 15) is 9.59 Å². The highest BCUT2D eigenvalue weighted by atomic mass is 16.5. The van der Waals surface area contributed by atoms with Gasteiger partial charge in [0, 0.05) is 30.1 Å². The monoisotopic (exact) mass is 316 g/mol. The number of fused-ring (bicyclic) bond motifs is 1. The van der Waals surface area contributed by atoms with Gasteiger partial charge in [0.05, 0.1) is 13.7 Å². The molecule has 1 aliphatic rings. The standard InChI is InChI=1S/C17H20N2O4/c1-19(10-16(20)18-12-3-4-12)9-11-7-17(21)23-15-8-13(22-2)5-6-14(11)15/h5-8,12H,3-4,9-10H2,1-2H3,(H,18,20). The Bertz CT molecular complexity index is 780. The number of rotatable bonds is 6. The number of carbonyl (C=O) groups is 1. The van der Waals surface area contributed by atoms with Crippen molar-refractivity contribution in [3.8, 4) is 5.75 Å². The minimum absolute atomic E-state index is 0.0175. The van der Waals surface area contributed by atoms with Crippen molar-refractivity contribution in [2.75, 3.05) is 20.7 Å². The number of nitrogens with zero attached hydrogens (tertiary/aromatic N) is 1. The van der Waals surface area contributed by atoms with Crippen molar-refractivity contribution in [2.45, 2.75) is 25.4 Å². The van der Waals surface area contributed by atoms with Crippen LogP contribution in [0.1, 0.15) is 18.4 Å². The first-order valence-electron chi connectivity index (χ1n) is 7.64. The van der Waals surface area contributed by atoms with Crippen LogP contribution in [0.4, 0.5) is 0 Å². The molecule has 0 bridgehead atoms. The molecular weight excluding hydrogens is 296 g/mol. The highest BCUT2D eigenvalue weighted by molar-refractivity contribution is 5.82. The Balaban J connectivity index is 1.78. The number of methoxy groups -OCH3 is 1. The Morgan fingerprint density at radius 2 is 2.17 bits per heavy atom. The summed E-state index contributed by atoms with van der Waals surface area (Å²) in [6.07, 6.45) is 2.14.